The number of methoxy groups -OCH3 is 2. The van der Waals surface area contributed by atoms with Crippen LogP contribution in [0, 0.1) is 0 Å². The van der Waals surface area contributed by atoms with E-state index in [-0.39, 0.29) is 6.04 Å². The van der Waals surface area contributed by atoms with Crippen LogP contribution in [0.4, 0.5) is 18.9 Å². The summed E-state index contributed by atoms with van der Waals surface area (Å²) in [4.78, 5) is 0. The minimum atomic E-state index is -4.34. The van der Waals surface area contributed by atoms with Crippen molar-refractivity contribution in [3.8, 4) is 11.5 Å². The second kappa shape index (κ2) is 9.11. The largest absolute Gasteiger partial charge is 0.493 e. The normalized spacial score (nSPS) is 16.4. The third kappa shape index (κ3) is 4.47. The van der Waals surface area contributed by atoms with Crippen molar-refractivity contribution in [1.29, 1.82) is 0 Å². The highest BCUT2D eigenvalue weighted by Gasteiger charge is 2.35. The van der Waals surface area contributed by atoms with Gasteiger partial charge in [-0.3, -0.25) is 0 Å². The predicted molar refractivity (Wildman–Crippen MR) is 112 cm³/mol. The Balaban J connectivity index is 2.15. The lowest BCUT2D eigenvalue weighted by Gasteiger charge is -2.25. The van der Waals surface area contributed by atoms with Gasteiger partial charge < -0.3 is 9.47 Å². The number of benzene rings is 2. The van der Waals surface area contributed by atoms with Crippen molar-refractivity contribution in [2.24, 2.45) is 0 Å². The van der Waals surface area contributed by atoms with Gasteiger partial charge in [0.15, 0.2) is 23.3 Å². The van der Waals surface area contributed by atoms with Gasteiger partial charge in [-0.1, -0.05) is 19.8 Å². The van der Waals surface area contributed by atoms with Gasteiger partial charge in [-0.15, -0.1) is 0 Å². The quantitative estimate of drug-likeness (QED) is 0.383. The Bertz CT molecular complexity index is 917. The number of fused-ring (bicyclic) bond motifs is 1. The van der Waals surface area contributed by atoms with Gasteiger partial charge in [-0.05, 0) is 43.2 Å². The highest BCUT2D eigenvalue weighted by atomic mass is 19.4. The van der Waals surface area contributed by atoms with Crippen LogP contribution < -0.4 is 9.47 Å². The Morgan fingerprint density at radius 1 is 1.00 bits per heavy atom. The lowest BCUT2D eigenvalue weighted by Crippen LogP contribution is -2.34. The first-order chi connectivity index (χ1) is 14.3. The second-order valence-electron chi connectivity index (χ2n) is 7.74. The van der Waals surface area contributed by atoms with E-state index < -0.39 is 11.7 Å². The van der Waals surface area contributed by atoms with E-state index in [1.807, 2.05) is 12.1 Å². The number of halogens is 3. The Kier molecular flexibility index (Phi) is 6.74. The van der Waals surface area contributed by atoms with Gasteiger partial charge in [-0.2, -0.15) is 17.7 Å². The van der Waals surface area contributed by atoms with E-state index >= 15 is 0 Å². The molecule has 0 spiro atoms. The third-order valence-electron chi connectivity index (χ3n) is 5.66. The number of rotatable bonds is 7. The summed E-state index contributed by atoms with van der Waals surface area (Å²) in [6.07, 6.45) is 0.499. The molecule has 0 radical (unpaired) electrons. The number of hydrogen-bond donors (Lipinski definition) is 0. The highest BCUT2D eigenvalue weighted by molar-refractivity contribution is 6.00. The van der Waals surface area contributed by atoms with Crippen molar-refractivity contribution in [2.45, 2.75) is 58.2 Å². The van der Waals surface area contributed by atoms with Crippen LogP contribution in [-0.4, -0.2) is 30.5 Å². The molecule has 0 N–H and O–H groups in total. The van der Waals surface area contributed by atoms with Gasteiger partial charge >= 0.3 is 6.18 Å². The van der Waals surface area contributed by atoms with E-state index in [1.165, 1.54) is 5.56 Å². The van der Waals surface area contributed by atoms with Gasteiger partial charge in [0.05, 0.1) is 19.8 Å². The summed E-state index contributed by atoms with van der Waals surface area (Å²) in [5.41, 5.74) is 3.53. The van der Waals surface area contributed by atoms with Gasteiger partial charge in [-0.25, -0.2) is 0 Å². The maximum absolute atomic E-state index is 13.0. The molecule has 3 nitrogen and oxygen atoms in total. The maximum Gasteiger partial charge on any atom is 0.416 e. The molecule has 1 heterocycles. The van der Waals surface area contributed by atoms with Crippen LogP contribution in [0.3, 0.4) is 0 Å². The Hall–Kier alpha value is -2.50. The Morgan fingerprint density at radius 2 is 1.63 bits per heavy atom. The van der Waals surface area contributed by atoms with E-state index in [0.717, 1.165) is 61.2 Å². The van der Waals surface area contributed by atoms with Gasteiger partial charge in [0.2, 0.25) is 5.69 Å². The first-order valence-electron chi connectivity index (χ1n) is 10.4. The van der Waals surface area contributed by atoms with Crippen LogP contribution in [-0.2, 0) is 12.6 Å². The SMILES string of the molecule is CCCCCC1=[N+](c2ccc(C(F)(F)F)cc2)C(C)Cc2cc(OC)c(OC)cc21. The fourth-order valence-electron chi connectivity index (χ4n) is 4.18. The lowest BCUT2D eigenvalue weighted by atomic mass is 9.89. The highest BCUT2D eigenvalue weighted by Crippen LogP contribution is 2.37. The first kappa shape index (κ1) is 22.2. The molecular formula is C24H29F3NO2+. The molecule has 0 saturated carbocycles. The average Bonchev–Trinajstić information content (AvgIpc) is 2.72. The Morgan fingerprint density at radius 3 is 2.20 bits per heavy atom. The van der Waals surface area contributed by atoms with Gasteiger partial charge in [0.1, 0.15) is 0 Å². The van der Waals surface area contributed by atoms with E-state index in [1.54, 1.807) is 26.4 Å². The molecule has 0 amide bonds. The van der Waals surface area contributed by atoms with Crippen molar-refractivity contribution in [1.82, 2.24) is 0 Å². The Labute approximate surface area is 176 Å². The van der Waals surface area contributed by atoms with Crippen LogP contribution in [0.25, 0.3) is 0 Å². The van der Waals surface area contributed by atoms with Crippen molar-refractivity contribution < 1.29 is 27.2 Å². The third-order valence-corrected chi connectivity index (χ3v) is 5.66. The smallest absolute Gasteiger partial charge is 0.416 e. The molecular weight excluding hydrogens is 391 g/mol. The second-order valence-corrected chi connectivity index (χ2v) is 7.74. The summed E-state index contributed by atoms with van der Waals surface area (Å²) in [6, 6.07) is 9.61. The van der Waals surface area contributed by atoms with Crippen molar-refractivity contribution in [3.05, 3.63) is 53.1 Å². The number of alkyl halides is 3. The summed E-state index contributed by atoms with van der Waals surface area (Å²) in [5, 5.41) is 0. The zero-order valence-electron chi connectivity index (χ0n) is 18.0. The molecule has 2 aromatic carbocycles. The number of hydrogen-bond acceptors (Lipinski definition) is 2. The molecule has 30 heavy (non-hydrogen) atoms. The van der Waals surface area contributed by atoms with Crippen LogP contribution in [0.1, 0.15) is 56.2 Å². The minimum Gasteiger partial charge on any atom is -0.493 e. The zero-order valence-corrected chi connectivity index (χ0v) is 18.0. The molecule has 1 unspecified atom stereocenters. The van der Waals surface area contributed by atoms with E-state index in [2.05, 4.69) is 18.4 Å². The van der Waals surface area contributed by atoms with Crippen LogP contribution in [0.15, 0.2) is 36.4 Å². The molecule has 162 valence electrons. The maximum atomic E-state index is 13.0. The summed E-state index contributed by atoms with van der Waals surface area (Å²) in [7, 11) is 3.23. The molecule has 2 aromatic rings. The molecule has 1 atom stereocenters. The molecule has 1 aliphatic rings. The summed E-state index contributed by atoms with van der Waals surface area (Å²) in [5.74, 6) is 1.35. The number of unbranched alkanes of at least 4 members (excludes halogenated alkanes) is 2. The van der Waals surface area contributed by atoms with E-state index in [4.69, 9.17) is 9.47 Å². The van der Waals surface area contributed by atoms with Gasteiger partial charge in [0, 0.05) is 30.5 Å². The van der Waals surface area contributed by atoms with Gasteiger partial charge in [0.25, 0.3) is 0 Å². The van der Waals surface area contributed by atoms with E-state index in [0.29, 0.717) is 11.5 Å². The summed E-state index contributed by atoms with van der Waals surface area (Å²) >= 11 is 0. The van der Waals surface area contributed by atoms with Crippen molar-refractivity contribution in [3.63, 3.8) is 0 Å². The predicted octanol–water partition coefficient (Wildman–Crippen LogP) is 6.38. The van der Waals surface area contributed by atoms with Crippen LogP contribution >= 0.6 is 0 Å². The lowest BCUT2D eigenvalue weighted by molar-refractivity contribution is -0.483. The molecule has 1 aliphatic heterocycles. The summed E-state index contributed by atoms with van der Waals surface area (Å²) in [6.45, 7) is 4.26. The van der Waals surface area contributed by atoms with Crippen molar-refractivity contribution >= 4 is 11.4 Å². The fourth-order valence-corrected chi connectivity index (χ4v) is 4.18. The topological polar surface area (TPSA) is 21.5 Å². The molecule has 0 aromatic heterocycles. The zero-order chi connectivity index (χ0) is 21.9. The molecule has 0 bridgehead atoms. The molecule has 6 heteroatoms. The van der Waals surface area contributed by atoms with Crippen molar-refractivity contribution in [2.75, 3.05) is 14.2 Å². The van der Waals surface area contributed by atoms with E-state index in [9.17, 15) is 13.2 Å². The van der Waals surface area contributed by atoms with Crippen LogP contribution in [0.5, 0.6) is 11.5 Å². The summed E-state index contributed by atoms with van der Waals surface area (Å²) < 4.78 is 52.3. The number of ether oxygens (including phenoxy) is 2. The molecule has 0 aliphatic carbocycles. The minimum absolute atomic E-state index is 0.115. The number of nitrogens with zero attached hydrogens (tertiary/aromatic N) is 1. The molecule has 0 fully saturated rings. The van der Waals surface area contributed by atoms with Crippen LogP contribution in [0.2, 0.25) is 0 Å². The monoisotopic (exact) mass is 420 g/mol. The first-order valence-corrected chi connectivity index (χ1v) is 10.4. The standard InChI is InChI=1S/C24H29F3NO2/c1-5-6-7-8-21-20-15-23(30-4)22(29-3)14-17(20)13-16(2)28(21)19-11-9-18(10-12-19)24(25,26)27/h9-12,14-16H,5-8,13H2,1-4H3/q+1. The fraction of sp³-hybridized carbons (Fsp3) is 0.458. The molecule has 0 saturated heterocycles. The average molecular weight is 420 g/mol. The molecule has 3 rings (SSSR count).